The van der Waals surface area contributed by atoms with E-state index >= 15 is 0 Å². The van der Waals surface area contributed by atoms with Gasteiger partial charge in [0, 0.05) is 18.6 Å². The van der Waals surface area contributed by atoms with E-state index in [1.807, 2.05) is 19.0 Å². The molecule has 0 radical (unpaired) electrons. The molecule has 0 aromatic heterocycles. The second kappa shape index (κ2) is 6.55. The minimum absolute atomic E-state index is 0.133. The SMILES string of the molecule is CN(C)CC(O)CNC1(CO)CCCCC1. The number of nitrogens with one attached hydrogen (secondary N) is 1. The summed E-state index contributed by atoms with van der Waals surface area (Å²) < 4.78 is 0. The summed E-state index contributed by atoms with van der Waals surface area (Å²) in [5, 5.41) is 22.6. The van der Waals surface area contributed by atoms with E-state index in [0.29, 0.717) is 13.1 Å². The van der Waals surface area contributed by atoms with Crippen molar-refractivity contribution < 1.29 is 10.2 Å². The Morgan fingerprint density at radius 2 is 1.88 bits per heavy atom. The maximum Gasteiger partial charge on any atom is 0.0791 e. The van der Waals surface area contributed by atoms with Gasteiger partial charge >= 0.3 is 0 Å². The van der Waals surface area contributed by atoms with Crippen LogP contribution in [0.2, 0.25) is 0 Å². The van der Waals surface area contributed by atoms with Crippen LogP contribution < -0.4 is 5.32 Å². The minimum Gasteiger partial charge on any atom is -0.394 e. The van der Waals surface area contributed by atoms with Gasteiger partial charge in [-0.1, -0.05) is 19.3 Å². The predicted molar refractivity (Wildman–Crippen MR) is 65.5 cm³/mol. The molecule has 0 aromatic rings. The van der Waals surface area contributed by atoms with Crippen LogP contribution in [-0.2, 0) is 0 Å². The number of β-amino-alcohol motifs (C(OH)–C–C–N with tert-alkyl or cyclic N) is 1. The van der Waals surface area contributed by atoms with Gasteiger partial charge in [-0.05, 0) is 26.9 Å². The molecule has 16 heavy (non-hydrogen) atoms. The van der Waals surface area contributed by atoms with E-state index in [4.69, 9.17) is 0 Å². The van der Waals surface area contributed by atoms with Gasteiger partial charge in [0.2, 0.25) is 0 Å². The minimum atomic E-state index is -0.361. The second-order valence-electron chi connectivity index (χ2n) is 5.30. The molecule has 96 valence electrons. The van der Waals surface area contributed by atoms with Gasteiger partial charge in [-0.15, -0.1) is 0 Å². The zero-order chi connectivity index (χ0) is 12.0. The van der Waals surface area contributed by atoms with Crippen LogP contribution in [0, 0.1) is 0 Å². The summed E-state index contributed by atoms with van der Waals surface area (Å²) in [7, 11) is 3.90. The summed E-state index contributed by atoms with van der Waals surface area (Å²) in [5.74, 6) is 0. The quantitative estimate of drug-likeness (QED) is 0.610. The van der Waals surface area contributed by atoms with Crippen molar-refractivity contribution in [1.29, 1.82) is 0 Å². The van der Waals surface area contributed by atoms with Crippen molar-refractivity contribution in [3.63, 3.8) is 0 Å². The zero-order valence-electron chi connectivity index (χ0n) is 10.6. The molecule has 1 atom stereocenters. The summed E-state index contributed by atoms with van der Waals surface area (Å²) >= 11 is 0. The molecular formula is C12H26N2O2. The highest BCUT2D eigenvalue weighted by molar-refractivity contribution is 4.90. The lowest BCUT2D eigenvalue weighted by Gasteiger charge is -2.37. The molecular weight excluding hydrogens is 204 g/mol. The van der Waals surface area contributed by atoms with Crippen LogP contribution >= 0.6 is 0 Å². The number of aliphatic hydroxyl groups excluding tert-OH is 2. The van der Waals surface area contributed by atoms with Gasteiger partial charge in [-0.25, -0.2) is 0 Å². The van der Waals surface area contributed by atoms with Gasteiger partial charge in [-0.2, -0.15) is 0 Å². The first-order valence-corrected chi connectivity index (χ1v) is 6.27. The molecule has 0 aliphatic heterocycles. The monoisotopic (exact) mass is 230 g/mol. The van der Waals surface area contributed by atoms with Crippen LogP contribution in [0.3, 0.4) is 0 Å². The molecule has 4 nitrogen and oxygen atoms in total. The van der Waals surface area contributed by atoms with Crippen molar-refractivity contribution in [2.45, 2.75) is 43.7 Å². The van der Waals surface area contributed by atoms with E-state index in [-0.39, 0.29) is 18.2 Å². The first-order valence-electron chi connectivity index (χ1n) is 6.27. The summed E-state index contributed by atoms with van der Waals surface area (Å²) in [4.78, 5) is 1.97. The number of nitrogens with zero attached hydrogens (tertiary/aromatic N) is 1. The lowest BCUT2D eigenvalue weighted by molar-refractivity contribution is 0.0837. The predicted octanol–water partition coefficient (Wildman–Crippen LogP) is 0.194. The molecule has 0 amide bonds. The van der Waals surface area contributed by atoms with Gasteiger partial charge in [0.05, 0.1) is 12.7 Å². The highest BCUT2D eigenvalue weighted by atomic mass is 16.3. The third-order valence-electron chi connectivity index (χ3n) is 3.40. The van der Waals surface area contributed by atoms with Gasteiger partial charge in [0.1, 0.15) is 0 Å². The van der Waals surface area contributed by atoms with Gasteiger partial charge in [0.15, 0.2) is 0 Å². The number of rotatable bonds is 6. The van der Waals surface area contributed by atoms with Gasteiger partial charge in [-0.3, -0.25) is 0 Å². The Labute approximate surface area is 98.6 Å². The molecule has 0 aromatic carbocycles. The normalized spacial score (nSPS) is 22.3. The summed E-state index contributed by atoms with van der Waals surface area (Å²) in [6.07, 6.45) is 5.31. The Hall–Kier alpha value is -0.160. The van der Waals surface area contributed by atoms with Crippen LogP contribution in [0.25, 0.3) is 0 Å². The van der Waals surface area contributed by atoms with Crippen molar-refractivity contribution in [2.24, 2.45) is 0 Å². The number of likely N-dealkylation sites (N-methyl/N-ethyl adjacent to an activating group) is 1. The Morgan fingerprint density at radius 1 is 1.25 bits per heavy atom. The maximum absolute atomic E-state index is 9.77. The molecule has 1 rings (SSSR count). The molecule has 4 heteroatoms. The first-order chi connectivity index (χ1) is 7.58. The van der Waals surface area contributed by atoms with Crippen LogP contribution in [0.15, 0.2) is 0 Å². The summed E-state index contributed by atoms with van der Waals surface area (Å²) in [6, 6.07) is 0. The van der Waals surface area contributed by atoms with E-state index < -0.39 is 0 Å². The summed E-state index contributed by atoms with van der Waals surface area (Å²) in [5.41, 5.74) is -0.133. The fraction of sp³-hybridized carbons (Fsp3) is 1.00. The van der Waals surface area contributed by atoms with E-state index in [1.54, 1.807) is 0 Å². The van der Waals surface area contributed by atoms with Crippen molar-refractivity contribution >= 4 is 0 Å². The second-order valence-corrected chi connectivity index (χ2v) is 5.30. The average molecular weight is 230 g/mol. The van der Waals surface area contributed by atoms with Gasteiger partial charge < -0.3 is 20.4 Å². The first kappa shape index (κ1) is 13.9. The lowest BCUT2D eigenvalue weighted by atomic mass is 9.82. The fourth-order valence-electron chi connectivity index (χ4n) is 2.44. The molecule has 1 aliphatic carbocycles. The van der Waals surface area contributed by atoms with Crippen molar-refractivity contribution in [2.75, 3.05) is 33.8 Å². The summed E-state index contributed by atoms with van der Waals surface area (Å²) in [6.45, 7) is 1.41. The third kappa shape index (κ3) is 4.37. The number of hydrogen-bond donors (Lipinski definition) is 3. The number of aliphatic hydroxyl groups is 2. The van der Waals surface area contributed by atoms with Crippen LogP contribution in [0.1, 0.15) is 32.1 Å². The molecule has 0 saturated heterocycles. The van der Waals surface area contributed by atoms with Crippen LogP contribution in [0.5, 0.6) is 0 Å². The Kier molecular flexibility index (Phi) is 5.69. The molecule has 0 bridgehead atoms. The highest BCUT2D eigenvalue weighted by Gasteiger charge is 2.31. The number of hydrogen-bond acceptors (Lipinski definition) is 4. The third-order valence-corrected chi connectivity index (χ3v) is 3.40. The topological polar surface area (TPSA) is 55.7 Å². The molecule has 1 unspecified atom stereocenters. The molecule has 1 saturated carbocycles. The Morgan fingerprint density at radius 3 is 2.38 bits per heavy atom. The molecule has 3 N–H and O–H groups in total. The van der Waals surface area contributed by atoms with Crippen LogP contribution in [-0.4, -0.2) is 60.5 Å². The van der Waals surface area contributed by atoms with E-state index in [2.05, 4.69) is 5.32 Å². The standard InChI is InChI=1S/C12H26N2O2/c1-14(2)9-11(16)8-13-12(10-15)6-4-3-5-7-12/h11,13,15-16H,3-10H2,1-2H3. The van der Waals surface area contributed by atoms with E-state index in [1.165, 1.54) is 19.3 Å². The Balaban J connectivity index is 2.32. The fourth-order valence-corrected chi connectivity index (χ4v) is 2.44. The molecule has 0 heterocycles. The molecule has 0 spiro atoms. The van der Waals surface area contributed by atoms with Crippen molar-refractivity contribution in [1.82, 2.24) is 10.2 Å². The van der Waals surface area contributed by atoms with Crippen molar-refractivity contribution in [3.05, 3.63) is 0 Å². The largest absolute Gasteiger partial charge is 0.394 e. The molecule has 1 fully saturated rings. The Bertz CT molecular complexity index is 191. The van der Waals surface area contributed by atoms with E-state index in [9.17, 15) is 10.2 Å². The maximum atomic E-state index is 9.77. The van der Waals surface area contributed by atoms with Gasteiger partial charge in [0.25, 0.3) is 0 Å². The molecule has 1 aliphatic rings. The average Bonchev–Trinajstić information content (AvgIpc) is 2.27. The zero-order valence-corrected chi connectivity index (χ0v) is 10.6. The lowest BCUT2D eigenvalue weighted by Crippen LogP contribution is -2.53. The van der Waals surface area contributed by atoms with Crippen molar-refractivity contribution in [3.8, 4) is 0 Å². The van der Waals surface area contributed by atoms with E-state index in [0.717, 1.165) is 12.8 Å². The highest BCUT2D eigenvalue weighted by Crippen LogP contribution is 2.27. The smallest absolute Gasteiger partial charge is 0.0791 e. The van der Waals surface area contributed by atoms with Crippen LogP contribution in [0.4, 0.5) is 0 Å².